The molecule has 3 heterocycles. The Balaban J connectivity index is 2.03. The van der Waals surface area contributed by atoms with Crippen LogP contribution >= 0.6 is 0 Å². The zero-order chi connectivity index (χ0) is 15.7. The molecule has 0 saturated carbocycles. The normalized spacial score (nSPS) is 10.6. The molecule has 0 atom stereocenters. The fraction of sp³-hybridized carbons (Fsp3) is 0.0667. The predicted octanol–water partition coefficient (Wildman–Crippen LogP) is 1.36. The van der Waals surface area contributed by atoms with E-state index in [0.29, 0.717) is 5.65 Å². The molecule has 110 valence electrons. The Labute approximate surface area is 124 Å². The topological polar surface area (TPSA) is 96.6 Å². The van der Waals surface area contributed by atoms with E-state index in [1.807, 2.05) is 13.0 Å². The molecule has 3 aromatic heterocycles. The minimum Gasteiger partial charge on any atom is -0.504 e. The van der Waals surface area contributed by atoms with Gasteiger partial charge in [0.25, 0.3) is 11.5 Å². The van der Waals surface area contributed by atoms with Crippen molar-refractivity contribution in [2.24, 2.45) is 0 Å². The van der Waals surface area contributed by atoms with Crippen LogP contribution in [0.3, 0.4) is 0 Å². The molecule has 0 saturated heterocycles. The van der Waals surface area contributed by atoms with Gasteiger partial charge in [-0.3, -0.25) is 14.0 Å². The third-order valence-corrected chi connectivity index (χ3v) is 3.11. The van der Waals surface area contributed by atoms with Gasteiger partial charge in [-0.1, -0.05) is 6.07 Å². The molecule has 0 aliphatic heterocycles. The summed E-state index contributed by atoms with van der Waals surface area (Å²) in [5, 5.41) is 12.0. The Morgan fingerprint density at radius 2 is 2.09 bits per heavy atom. The van der Waals surface area contributed by atoms with Crippen LogP contribution in [-0.4, -0.2) is 25.4 Å². The lowest BCUT2D eigenvalue weighted by Gasteiger charge is -2.07. The third kappa shape index (κ3) is 2.39. The van der Waals surface area contributed by atoms with Crippen LogP contribution in [0.4, 0.5) is 5.82 Å². The number of carbonyl (C=O) groups excluding carboxylic acids is 1. The number of aromatic nitrogens is 3. The van der Waals surface area contributed by atoms with Crippen LogP contribution in [0.15, 0.2) is 47.7 Å². The zero-order valence-corrected chi connectivity index (χ0v) is 11.6. The highest BCUT2D eigenvalue weighted by atomic mass is 16.3. The Morgan fingerprint density at radius 3 is 2.86 bits per heavy atom. The smallest absolute Gasteiger partial charge is 0.270 e. The van der Waals surface area contributed by atoms with E-state index >= 15 is 0 Å². The molecule has 7 nitrogen and oxygen atoms in total. The maximum Gasteiger partial charge on any atom is 0.270 e. The fourth-order valence-corrected chi connectivity index (χ4v) is 2.01. The maximum absolute atomic E-state index is 12.4. The molecule has 0 unspecified atom stereocenters. The molecule has 3 rings (SSSR count). The van der Waals surface area contributed by atoms with Gasteiger partial charge in [0.05, 0.1) is 0 Å². The van der Waals surface area contributed by atoms with Crippen molar-refractivity contribution in [1.29, 1.82) is 0 Å². The number of fused-ring (bicyclic) bond motifs is 1. The van der Waals surface area contributed by atoms with Crippen LogP contribution in [0.25, 0.3) is 5.65 Å². The summed E-state index contributed by atoms with van der Waals surface area (Å²) in [5.41, 5.74) is 0.707. The number of amides is 1. The van der Waals surface area contributed by atoms with Gasteiger partial charge in [0.1, 0.15) is 11.2 Å². The average molecular weight is 296 g/mol. The van der Waals surface area contributed by atoms with E-state index in [4.69, 9.17) is 0 Å². The molecule has 0 aromatic carbocycles. The van der Waals surface area contributed by atoms with E-state index in [0.717, 1.165) is 5.56 Å². The first kappa shape index (κ1) is 13.7. The summed E-state index contributed by atoms with van der Waals surface area (Å²) in [7, 11) is 0. The maximum atomic E-state index is 12.4. The first-order valence-electron chi connectivity index (χ1n) is 6.49. The third-order valence-electron chi connectivity index (χ3n) is 3.11. The minimum absolute atomic E-state index is 0.0127. The summed E-state index contributed by atoms with van der Waals surface area (Å²) in [6.07, 6.45) is 4.24. The summed E-state index contributed by atoms with van der Waals surface area (Å²) in [4.78, 5) is 32.5. The van der Waals surface area contributed by atoms with Crippen LogP contribution in [0.1, 0.15) is 15.9 Å². The predicted molar refractivity (Wildman–Crippen MR) is 80.1 cm³/mol. The average Bonchev–Trinajstić information content (AvgIpc) is 2.50. The van der Waals surface area contributed by atoms with Gasteiger partial charge in [0.15, 0.2) is 11.6 Å². The molecule has 3 aromatic rings. The van der Waals surface area contributed by atoms with Crippen molar-refractivity contribution in [2.75, 3.05) is 5.32 Å². The van der Waals surface area contributed by atoms with Gasteiger partial charge >= 0.3 is 0 Å². The molecule has 7 heteroatoms. The summed E-state index contributed by atoms with van der Waals surface area (Å²) in [6.45, 7) is 1.84. The molecule has 2 N–H and O–H groups in total. The zero-order valence-electron chi connectivity index (χ0n) is 11.6. The number of rotatable bonds is 2. The fourth-order valence-electron chi connectivity index (χ4n) is 2.01. The quantitative estimate of drug-likeness (QED) is 0.744. The van der Waals surface area contributed by atoms with Crippen LogP contribution < -0.4 is 10.9 Å². The van der Waals surface area contributed by atoms with Crippen molar-refractivity contribution in [3.63, 3.8) is 0 Å². The molecule has 0 aliphatic carbocycles. The highest BCUT2D eigenvalue weighted by molar-refractivity contribution is 6.04. The van der Waals surface area contributed by atoms with Crippen molar-refractivity contribution in [2.45, 2.75) is 6.92 Å². The molecule has 0 spiro atoms. The number of nitrogens with one attached hydrogen (secondary N) is 1. The summed E-state index contributed by atoms with van der Waals surface area (Å²) < 4.78 is 1.31. The first-order chi connectivity index (χ1) is 10.6. The van der Waals surface area contributed by atoms with E-state index in [9.17, 15) is 14.7 Å². The van der Waals surface area contributed by atoms with Crippen LogP contribution in [0.5, 0.6) is 5.75 Å². The van der Waals surface area contributed by atoms with Gasteiger partial charge in [-0.15, -0.1) is 0 Å². The number of nitrogens with zero attached hydrogens (tertiary/aromatic N) is 3. The molecule has 0 bridgehead atoms. The largest absolute Gasteiger partial charge is 0.504 e. The molecule has 0 aliphatic rings. The van der Waals surface area contributed by atoms with Gasteiger partial charge in [-0.25, -0.2) is 9.97 Å². The van der Waals surface area contributed by atoms with Crippen LogP contribution in [-0.2, 0) is 0 Å². The van der Waals surface area contributed by atoms with Crippen molar-refractivity contribution in [1.82, 2.24) is 14.4 Å². The summed E-state index contributed by atoms with van der Waals surface area (Å²) in [5.74, 6) is -0.871. The Bertz CT molecular complexity index is 933. The molecule has 0 fully saturated rings. The molecular weight excluding hydrogens is 284 g/mol. The van der Waals surface area contributed by atoms with Crippen molar-refractivity contribution in [3.8, 4) is 5.75 Å². The van der Waals surface area contributed by atoms with Crippen LogP contribution in [0, 0.1) is 6.92 Å². The minimum atomic E-state index is -0.678. The van der Waals surface area contributed by atoms with E-state index in [2.05, 4.69) is 15.3 Å². The second-order valence-corrected chi connectivity index (χ2v) is 4.74. The number of hydrogen-bond acceptors (Lipinski definition) is 5. The Hall–Kier alpha value is -3.22. The second-order valence-electron chi connectivity index (χ2n) is 4.74. The number of anilines is 1. The standard InChI is InChI=1S/C15H12N4O3/c1-9-4-5-12-17-7-10(15(22)19(12)8-9)14(21)18-13-11(20)3-2-6-16-13/h2-8,20H,1H3,(H,16,18,21). The highest BCUT2D eigenvalue weighted by Crippen LogP contribution is 2.18. The summed E-state index contributed by atoms with van der Waals surface area (Å²) in [6, 6.07) is 6.44. The Kier molecular flexibility index (Phi) is 3.30. The number of hydrogen-bond donors (Lipinski definition) is 2. The van der Waals surface area contributed by atoms with Crippen LogP contribution in [0.2, 0.25) is 0 Å². The number of aromatic hydroxyl groups is 1. The van der Waals surface area contributed by atoms with Gasteiger partial charge < -0.3 is 10.4 Å². The van der Waals surface area contributed by atoms with Gasteiger partial charge in [0.2, 0.25) is 0 Å². The molecule has 22 heavy (non-hydrogen) atoms. The van der Waals surface area contributed by atoms with Crippen molar-refractivity contribution >= 4 is 17.4 Å². The lowest BCUT2D eigenvalue weighted by atomic mass is 10.2. The van der Waals surface area contributed by atoms with Gasteiger partial charge in [-0.2, -0.15) is 0 Å². The van der Waals surface area contributed by atoms with E-state index in [-0.39, 0.29) is 17.1 Å². The second kappa shape index (κ2) is 5.28. The molecule has 1 amide bonds. The van der Waals surface area contributed by atoms with Gasteiger partial charge in [-0.05, 0) is 30.7 Å². The molecular formula is C15H12N4O3. The lowest BCUT2D eigenvalue weighted by molar-refractivity contribution is 0.102. The Morgan fingerprint density at radius 1 is 1.27 bits per heavy atom. The SMILES string of the molecule is Cc1ccc2ncc(C(=O)Nc3ncccc3O)c(=O)n2c1. The van der Waals surface area contributed by atoms with E-state index in [1.54, 1.807) is 12.3 Å². The van der Waals surface area contributed by atoms with Crippen molar-refractivity contribution < 1.29 is 9.90 Å². The molecule has 0 radical (unpaired) electrons. The lowest BCUT2D eigenvalue weighted by Crippen LogP contribution is -2.27. The number of aryl methyl sites for hydroxylation is 1. The monoisotopic (exact) mass is 296 g/mol. The number of carbonyl (C=O) groups is 1. The van der Waals surface area contributed by atoms with E-state index < -0.39 is 11.5 Å². The highest BCUT2D eigenvalue weighted by Gasteiger charge is 2.15. The van der Waals surface area contributed by atoms with Gasteiger partial charge in [0, 0.05) is 18.6 Å². The van der Waals surface area contributed by atoms with E-state index in [1.165, 1.54) is 28.9 Å². The summed E-state index contributed by atoms with van der Waals surface area (Å²) >= 11 is 0. The van der Waals surface area contributed by atoms with Crippen molar-refractivity contribution in [3.05, 3.63) is 64.3 Å². The first-order valence-corrected chi connectivity index (χ1v) is 6.49. The number of pyridine rings is 2.